The van der Waals surface area contributed by atoms with Crippen molar-refractivity contribution in [3.8, 4) is 5.75 Å². The molecule has 0 bridgehead atoms. The zero-order valence-electron chi connectivity index (χ0n) is 13.1. The predicted octanol–water partition coefficient (Wildman–Crippen LogP) is 2.03. The summed E-state index contributed by atoms with van der Waals surface area (Å²) in [6, 6.07) is 7.57. The van der Waals surface area contributed by atoms with Crippen molar-refractivity contribution in [1.29, 1.82) is 0 Å². The molecule has 1 saturated heterocycles. The largest absolute Gasteiger partial charge is 0.494 e. The number of rotatable bonds is 5. The second kappa shape index (κ2) is 6.16. The highest BCUT2D eigenvalue weighted by Crippen LogP contribution is 2.26. The van der Waals surface area contributed by atoms with E-state index >= 15 is 0 Å². The first-order valence-corrected chi connectivity index (χ1v) is 7.33. The van der Waals surface area contributed by atoms with Gasteiger partial charge in [-0.05, 0) is 37.5 Å². The fourth-order valence-corrected chi connectivity index (χ4v) is 2.16. The Kier molecular flexibility index (Phi) is 4.50. The van der Waals surface area contributed by atoms with Crippen molar-refractivity contribution in [2.24, 2.45) is 10.9 Å². The number of carbonyl (C=O) groups excluding carboxylic acids is 1. The average molecular weight is 289 g/mol. The van der Waals surface area contributed by atoms with Crippen LogP contribution in [0.2, 0.25) is 0 Å². The number of amides is 1. The lowest BCUT2D eigenvalue weighted by atomic mass is 9.92. The number of benzene rings is 1. The van der Waals surface area contributed by atoms with Crippen molar-refractivity contribution in [2.75, 3.05) is 13.2 Å². The van der Waals surface area contributed by atoms with E-state index in [1.54, 1.807) is 0 Å². The minimum Gasteiger partial charge on any atom is -0.494 e. The second-order valence-corrected chi connectivity index (χ2v) is 5.74. The van der Waals surface area contributed by atoms with Gasteiger partial charge in [0, 0.05) is 6.54 Å². The molecule has 1 aromatic rings. The van der Waals surface area contributed by atoms with Gasteiger partial charge >= 0.3 is 0 Å². The molecule has 0 radical (unpaired) electrons. The molecule has 0 aromatic heterocycles. The van der Waals surface area contributed by atoms with Crippen LogP contribution in [0.4, 0.5) is 0 Å². The van der Waals surface area contributed by atoms with E-state index in [-0.39, 0.29) is 5.91 Å². The molecule has 5 nitrogen and oxygen atoms in total. The normalized spacial score (nSPS) is 23.3. The summed E-state index contributed by atoms with van der Waals surface area (Å²) in [6.07, 6.45) is 0. The van der Waals surface area contributed by atoms with Crippen LogP contribution < -0.4 is 15.4 Å². The Morgan fingerprint density at radius 2 is 1.95 bits per heavy atom. The highest BCUT2D eigenvalue weighted by molar-refractivity contribution is 6.09. The number of nitrogens with zero attached hydrogens (tertiary/aromatic N) is 1. The summed E-state index contributed by atoms with van der Waals surface area (Å²) < 4.78 is 5.42. The molecule has 1 fully saturated rings. The van der Waals surface area contributed by atoms with Crippen LogP contribution in [0.15, 0.2) is 29.3 Å². The maximum atomic E-state index is 12.3. The van der Waals surface area contributed by atoms with Gasteiger partial charge in [0.1, 0.15) is 11.3 Å². The van der Waals surface area contributed by atoms with Crippen LogP contribution in [-0.4, -0.2) is 25.0 Å². The van der Waals surface area contributed by atoms with Crippen LogP contribution in [0.1, 0.15) is 33.3 Å². The fourth-order valence-electron chi connectivity index (χ4n) is 2.16. The van der Waals surface area contributed by atoms with Gasteiger partial charge in [0.25, 0.3) is 5.91 Å². The maximum Gasteiger partial charge on any atom is 0.256 e. The summed E-state index contributed by atoms with van der Waals surface area (Å²) in [7, 11) is 0. The highest BCUT2D eigenvalue weighted by Gasteiger charge is 2.42. The molecule has 1 amide bonds. The number of carbonyl (C=O) groups is 1. The Labute approximate surface area is 125 Å². The maximum absolute atomic E-state index is 12.3. The fraction of sp³-hybridized carbons (Fsp3) is 0.500. The van der Waals surface area contributed by atoms with Crippen molar-refractivity contribution in [3.05, 3.63) is 29.8 Å². The van der Waals surface area contributed by atoms with Gasteiger partial charge in [-0.3, -0.25) is 15.1 Å². The molecule has 1 atom stereocenters. The smallest absolute Gasteiger partial charge is 0.256 e. The van der Waals surface area contributed by atoms with Crippen LogP contribution in [0, 0.1) is 5.92 Å². The first-order chi connectivity index (χ1) is 9.95. The van der Waals surface area contributed by atoms with Crippen molar-refractivity contribution >= 4 is 11.9 Å². The Balaban J connectivity index is 2.17. The summed E-state index contributed by atoms with van der Waals surface area (Å²) in [5, 5.41) is 6.00. The van der Waals surface area contributed by atoms with Crippen LogP contribution in [-0.2, 0) is 10.3 Å². The third-order valence-corrected chi connectivity index (χ3v) is 3.41. The minimum absolute atomic E-state index is 0.0887. The summed E-state index contributed by atoms with van der Waals surface area (Å²) in [5.74, 6) is 1.71. The van der Waals surface area contributed by atoms with Crippen LogP contribution in [0.3, 0.4) is 0 Å². The number of ether oxygens (including phenoxy) is 1. The number of aliphatic imine (C=N–C) groups is 1. The predicted molar refractivity (Wildman–Crippen MR) is 83.4 cm³/mol. The van der Waals surface area contributed by atoms with E-state index in [1.165, 1.54) is 0 Å². The van der Waals surface area contributed by atoms with E-state index < -0.39 is 5.54 Å². The molecule has 0 spiro atoms. The summed E-state index contributed by atoms with van der Waals surface area (Å²) in [6.45, 7) is 9.29. The number of nitrogens with one attached hydrogen (secondary N) is 2. The van der Waals surface area contributed by atoms with E-state index in [0.29, 0.717) is 25.0 Å². The third-order valence-electron chi connectivity index (χ3n) is 3.41. The van der Waals surface area contributed by atoms with E-state index in [1.807, 2.05) is 38.1 Å². The molecule has 2 N–H and O–H groups in total. The molecule has 1 heterocycles. The summed E-state index contributed by atoms with van der Waals surface area (Å²) in [4.78, 5) is 16.7. The van der Waals surface area contributed by atoms with Gasteiger partial charge in [0.15, 0.2) is 5.96 Å². The lowest BCUT2D eigenvalue weighted by Gasteiger charge is -2.21. The van der Waals surface area contributed by atoms with E-state index in [4.69, 9.17) is 4.74 Å². The Bertz CT molecular complexity index is 537. The van der Waals surface area contributed by atoms with Gasteiger partial charge in [-0.25, -0.2) is 0 Å². The topological polar surface area (TPSA) is 62.7 Å². The first kappa shape index (κ1) is 15.4. The van der Waals surface area contributed by atoms with Crippen molar-refractivity contribution in [3.63, 3.8) is 0 Å². The standard InChI is InChI=1S/C16H23N3O2/c1-5-21-13-8-6-12(7-9-13)16(4)14(20)18-15(19-16)17-10-11(2)3/h6-9,11H,5,10H2,1-4H3,(H2,17,18,19,20). The quantitative estimate of drug-likeness (QED) is 0.872. The van der Waals surface area contributed by atoms with Crippen molar-refractivity contribution in [2.45, 2.75) is 33.2 Å². The Morgan fingerprint density at radius 3 is 2.52 bits per heavy atom. The van der Waals surface area contributed by atoms with Crippen LogP contribution in [0.5, 0.6) is 5.75 Å². The number of guanidine groups is 1. The molecule has 1 aromatic carbocycles. The Morgan fingerprint density at radius 1 is 1.29 bits per heavy atom. The lowest BCUT2D eigenvalue weighted by molar-refractivity contribution is -0.123. The van der Waals surface area contributed by atoms with Gasteiger partial charge in [-0.15, -0.1) is 0 Å². The molecule has 114 valence electrons. The monoisotopic (exact) mass is 289 g/mol. The van der Waals surface area contributed by atoms with Gasteiger partial charge < -0.3 is 10.1 Å². The van der Waals surface area contributed by atoms with Crippen molar-refractivity contribution in [1.82, 2.24) is 10.6 Å². The summed E-state index contributed by atoms with van der Waals surface area (Å²) >= 11 is 0. The molecule has 5 heteroatoms. The van der Waals surface area contributed by atoms with Gasteiger partial charge in [0.05, 0.1) is 6.61 Å². The third kappa shape index (κ3) is 3.35. The highest BCUT2D eigenvalue weighted by atomic mass is 16.5. The summed E-state index contributed by atoms with van der Waals surface area (Å²) in [5.41, 5.74) is 0.0961. The van der Waals surface area contributed by atoms with E-state index in [9.17, 15) is 4.79 Å². The van der Waals surface area contributed by atoms with Gasteiger partial charge in [-0.1, -0.05) is 26.0 Å². The average Bonchev–Trinajstić information content (AvgIpc) is 2.74. The molecular formula is C16H23N3O2. The van der Waals surface area contributed by atoms with Gasteiger partial charge in [-0.2, -0.15) is 0 Å². The van der Waals surface area contributed by atoms with Crippen molar-refractivity contribution < 1.29 is 9.53 Å². The first-order valence-electron chi connectivity index (χ1n) is 7.33. The number of hydrogen-bond acceptors (Lipinski definition) is 3. The van der Waals surface area contributed by atoms with Gasteiger partial charge in [0.2, 0.25) is 0 Å². The number of hydrogen-bond donors (Lipinski definition) is 2. The molecular weight excluding hydrogens is 266 g/mol. The molecule has 21 heavy (non-hydrogen) atoms. The molecule has 1 unspecified atom stereocenters. The lowest BCUT2D eigenvalue weighted by Crippen LogP contribution is -2.40. The van der Waals surface area contributed by atoms with E-state index in [0.717, 1.165) is 11.3 Å². The zero-order chi connectivity index (χ0) is 15.5. The minimum atomic E-state index is -0.791. The molecule has 1 aliphatic heterocycles. The molecule has 2 rings (SSSR count). The second-order valence-electron chi connectivity index (χ2n) is 5.74. The van der Waals surface area contributed by atoms with Crippen LogP contribution in [0.25, 0.3) is 0 Å². The zero-order valence-corrected chi connectivity index (χ0v) is 13.1. The van der Waals surface area contributed by atoms with E-state index in [2.05, 4.69) is 29.5 Å². The molecule has 0 saturated carbocycles. The van der Waals surface area contributed by atoms with Crippen LogP contribution >= 0.6 is 0 Å². The SMILES string of the molecule is CCOc1ccc(C2(C)NC(=NCC(C)C)NC2=O)cc1. The molecule has 0 aliphatic carbocycles. The molecule has 1 aliphatic rings. The Hall–Kier alpha value is -2.04.